The minimum atomic E-state index is -1.44. The van der Waals surface area contributed by atoms with Crippen LogP contribution in [0, 0.1) is 0 Å². The highest BCUT2D eigenvalue weighted by molar-refractivity contribution is 5.92. The minimum Gasteiger partial charge on any atom is -0.480 e. The summed E-state index contributed by atoms with van der Waals surface area (Å²) in [4.78, 5) is 41.3. The van der Waals surface area contributed by atoms with Gasteiger partial charge in [-0.1, -0.05) is 18.2 Å². The van der Waals surface area contributed by atoms with E-state index in [9.17, 15) is 19.5 Å². The molecule has 0 saturated heterocycles. The van der Waals surface area contributed by atoms with Crippen molar-refractivity contribution in [2.45, 2.75) is 58.2 Å². The molecular weight excluding hydrogens is 374 g/mol. The van der Waals surface area contributed by atoms with E-state index < -0.39 is 35.2 Å². The van der Waals surface area contributed by atoms with E-state index >= 15 is 0 Å². The largest absolute Gasteiger partial charge is 0.480 e. The molecule has 0 spiro atoms. The van der Waals surface area contributed by atoms with Crippen molar-refractivity contribution >= 4 is 28.9 Å². The van der Waals surface area contributed by atoms with Crippen molar-refractivity contribution < 1.29 is 24.2 Å². The van der Waals surface area contributed by atoms with E-state index in [0.717, 1.165) is 21.4 Å². The topological polar surface area (TPSA) is 112 Å². The second-order valence-corrected chi connectivity index (χ2v) is 8.52. The van der Waals surface area contributed by atoms with Gasteiger partial charge in [-0.2, -0.15) is 0 Å². The summed E-state index contributed by atoms with van der Waals surface area (Å²) in [6.07, 6.45) is 1.23. The van der Waals surface area contributed by atoms with Gasteiger partial charge in [-0.15, -0.1) is 0 Å². The zero-order valence-electron chi connectivity index (χ0n) is 17.7. The number of para-hydroxylation sites is 1. The third kappa shape index (κ3) is 5.28. The first-order valence-electron chi connectivity index (χ1n) is 9.38. The van der Waals surface area contributed by atoms with Crippen molar-refractivity contribution in [2.24, 2.45) is 0 Å². The quantitative estimate of drug-likeness (QED) is 0.687. The zero-order chi connectivity index (χ0) is 22.0. The van der Waals surface area contributed by atoms with E-state index in [-0.39, 0.29) is 6.42 Å². The van der Waals surface area contributed by atoms with Gasteiger partial charge in [0.05, 0.1) is 0 Å². The van der Waals surface area contributed by atoms with Crippen LogP contribution < -0.4 is 5.32 Å². The van der Waals surface area contributed by atoms with Crippen molar-refractivity contribution in [1.82, 2.24) is 15.2 Å². The van der Waals surface area contributed by atoms with Gasteiger partial charge in [-0.05, 0) is 46.2 Å². The predicted octanol–water partition coefficient (Wildman–Crippen LogP) is 2.93. The number of amides is 2. The lowest BCUT2D eigenvalue weighted by Crippen LogP contribution is -2.57. The molecule has 0 bridgehead atoms. The van der Waals surface area contributed by atoms with Crippen LogP contribution in [-0.2, 0) is 20.7 Å². The Kier molecular flexibility index (Phi) is 6.25. The number of carboxylic acids is 1. The second-order valence-electron chi connectivity index (χ2n) is 8.52. The Morgan fingerprint density at radius 3 is 2.38 bits per heavy atom. The Bertz CT molecular complexity index is 910. The molecule has 2 rings (SSSR count). The SMILES string of the molecule is CN(C(=O)[C@@H](Cc1c[nH]c2ccccc12)NC(=O)OC(C)(C)C)C(C)(C)C(=O)O. The third-order valence-electron chi connectivity index (χ3n) is 4.78. The van der Waals surface area contributed by atoms with Crippen LogP contribution in [-0.4, -0.2) is 57.2 Å². The van der Waals surface area contributed by atoms with Gasteiger partial charge in [-0.25, -0.2) is 9.59 Å². The van der Waals surface area contributed by atoms with Crippen LogP contribution in [0.25, 0.3) is 10.9 Å². The number of H-pyrrole nitrogens is 1. The molecule has 1 aromatic carbocycles. The van der Waals surface area contributed by atoms with Gasteiger partial charge in [0.2, 0.25) is 5.91 Å². The highest BCUT2D eigenvalue weighted by Gasteiger charge is 2.39. The molecular formula is C21H29N3O5. The number of aromatic nitrogens is 1. The first-order valence-corrected chi connectivity index (χ1v) is 9.38. The molecule has 0 radical (unpaired) electrons. The first kappa shape index (κ1) is 22.3. The second kappa shape index (κ2) is 8.14. The third-order valence-corrected chi connectivity index (χ3v) is 4.78. The van der Waals surface area contributed by atoms with Gasteiger partial charge in [0.25, 0.3) is 0 Å². The molecule has 2 amide bonds. The van der Waals surface area contributed by atoms with Gasteiger partial charge < -0.3 is 25.0 Å². The normalized spacial score (nSPS) is 13.0. The van der Waals surface area contributed by atoms with E-state index in [2.05, 4.69) is 10.3 Å². The molecule has 0 aliphatic heterocycles. The number of hydrogen-bond acceptors (Lipinski definition) is 4. The molecule has 0 fully saturated rings. The van der Waals surface area contributed by atoms with Crippen LogP contribution in [0.4, 0.5) is 4.79 Å². The number of carboxylic acid groups (broad SMARTS) is 1. The predicted molar refractivity (Wildman–Crippen MR) is 110 cm³/mol. The van der Waals surface area contributed by atoms with Crippen molar-refractivity contribution in [2.75, 3.05) is 7.05 Å². The number of benzene rings is 1. The maximum Gasteiger partial charge on any atom is 0.408 e. The number of rotatable bonds is 6. The number of aromatic amines is 1. The number of nitrogens with zero attached hydrogens (tertiary/aromatic N) is 1. The summed E-state index contributed by atoms with van der Waals surface area (Å²) in [6.45, 7) is 8.04. The number of hydrogen-bond donors (Lipinski definition) is 3. The summed E-state index contributed by atoms with van der Waals surface area (Å²) in [6, 6.07) is 6.62. The van der Waals surface area contributed by atoms with Crippen LogP contribution in [0.5, 0.6) is 0 Å². The zero-order valence-corrected chi connectivity index (χ0v) is 17.7. The molecule has 29 heavy (non-hydrogen) atoms. The van der Waals surface area contributed by atoms with Crippen LogP contribution in [0.2, 0.25) is 0 Å². The molecule has 1 aromatic heterocycles. The van der Waals surface area contributed by atoms with Gasteiger partial charge in [-0.3, -0.25) is 4.79 Å². The van der Waals surface area contributed by atoms with Crippen LogP contribution in [0.15, 0.2) is 30.5 Å². The number of carbonyl (C=O) groups is 3. The molecule has 0 saturated carbocycles. The van der Waals surface area contributed by atoms with E-state index in [4.69, 9.17) is 4.74 Å². The molecule has 1 atom stereocenters. The molecule has 3 N–H and O–H groups in total. The lowest BCUT2D eigenvalue weighted by Gasteiger charge is -2.34. The standard InChI is InChI=1S/C21H29N3O5/c1-20(2,3)29-19(28)23-16(17(25)24(6)21(4,5)18(26)27)11-13-12-22-15-10-8-7-9-14(13)15/h7-10,12,16,22H,11H2,1-6H3,(H,23,28)(H,26,27)/t16-/m1/s1. The molecule has 2 aromatic rings. The van der Waals surface area contributed by atoms with E-state index in [0.29, 0.717) is 0 Å². The van der Waals surface area contributed by atoms with Crippen molar-refractivity contribution in [3.05, 3.63) is 36.0 Å². The number of alkyl carbamates (subject to hydrolysis) is 1. The number of nitrogens with one attached hydrogen (secondary N) is 2. The fourth-order valence-electron chi connectivity index (χ4n) is 2.82. The minimum absolute atomic E-state index is 0.183. The van der Waals surface area contributed by atoms with Crippen molar-refractivity contribution in [1.29, 1.82) is 0 Å². The number of likely N-dealkylation sites (N-methyl/N-ethyl adjacent to an activating group) is 1. The fourth-order valence-corrected chi connectivity index (χ4v) is 2.82. The first-order chi connectivity index (χ1) is 13.3. The Morgan fingerprint density at radius 2 is 1.79 bits per heavy atom. The number of aliphatic carboxylic acids is 1. The fraction of sp³-hybridized carbons (Fsp3) is 0.476. The molecule has 8 nitrogen and oxygen atoms in total. The molecule has 0 unspecified atom stereocenters. The van der Waals surface area contributed by atoms with Gasteiger partial charge in [0.1, 0.15) is 17.2 Å². The lowest BCUT2D eigenvalue weighted by molar-refractivity contribution is -0.156. The Morgan fingerprint density at radius 1 is 1.17 bits per heavy atom. The maximum atomic E-state index is 13.1. The van der Waals surface area contributed by atoms with E-state index in [1.807, 2.05) is 24.3 Å². The average Bonchev–Trinajstić information content (AvgIpc) is 3.01. The van der Waals surface area contributed by atoms with E-state index in [1.165, 1.54) is 20.9 Å². The summed E-state index contributed by atoms with van der Waals surface area (Å²) in [5, 5.41) is 13.0. The number of ether oxygens (including phenoxy) is 1. The van der Waals surface area contributed by atoms with Crippen LogP contribution >= 0.6 is 0 Å². The summed E-state index contributed by atoms with van der Waals surface area (Å²) in [5.41, 5.74) is -0.433. The molecule has 0 aliphatic carbocycles. The molecule has 1 heterocycles. The van der Waals surface area contributed by atoms with Gasteiger partial charge >= 0.3 is 12.1 Å². The van der Waals surface area contributed by atoms with Crippen LogP contribution in [0.3, 0.4) is 0 Å². The average molecular weight is 403 g/mol. The van der Waals surface area contributed by atoms with Crippen LogP contribution in [0.1, 0.15) is 40.2 Å². The Hall–Kier alpha value is -3.03. The van der Waals surface area contributed by atoms with Gasteiger partial charge in [0, 0.05) is 30.6 Å². The summed E-state index contributed by atoms with van der Waals surface area (Å²) in [7, 11) is 1.41. The Balaban J connectivity index is 2.33. The lowest BCUT2D eigenvalue weighted by atomic mass is 9.99. The van der Waals surface area contributed by atoms with Crippen molar-refractivity contribution in [3.8, 4) is 0 Å². The van der Waals surface area contributed by atoms with Gasteiger partial charge in [0.15, 0.2) is 0 Å². The highest BCUT2D eigenvalue weighted by Crippen LogP contribution is 2.21. The molecule has 8 heteroatoms. The molecule has 0 aliphatic rings. The highest BCUT2D eigenvalue weighted by atomic mass is 16.6. The summed E-state index contributed by atoms with van der Waals surface area (Å²) < 4.78 is 5.29. The number of fused-ring (bicyclic) bond motifs is 1. The maximum absolute atomic E-state index is 13.1. The smallest absolute Gasteiger partial charge is 0.408 e. The summed E-state index contributed by atoms with van der Waals surface area (Å²) in [5.74, 6) is -1.66. The monoisotopic (exact) mass is 403 g/mol. The Labute approximate surface area is 170 Å². The van der Waals surface area contributed by atoms with E-state index in [1.54, 1.807) is 27.0 Å². The van der Waals surface area contributed by atoms with Crippen molar-refractivity contribution in [3.63, 3.8) is 0 Å². The molecule has 158 valence electrons. The summed E-state index contributed by atoms with van der Waals surface area (Å²) >= 11 is 0. The number of carbonyl (C=O) groups excluding carboxylic acids is 2.